The molecule has 5 heteroatoms. The number of alkyl halides is 1. The van der Waals surface area contributed by atoms with Crippen LogP contribution < -0.4 is 0 Å². The topological polar surface area (TPSA) is 35.6 Å². The second kappa shape index (κ2) is 5.53. The minimum absolute atomic E-state index is 0.383. The van der Waals surface area contributed by atoms with Crippen LogP contribution in [0.5, 0.6) is 0 Å². The fourth-order valence-electron chi connectivity index (χ4n) is 2.68. The van der Waals surface area contributed by atoms with Crippen LogP contribution in [0.4, 0.5) is 0 Å². The molecule has 0 N–H and O–H groups in total. The molecule has 0 fully saturated rings. The Kier molecular flexibility index (Phi) is 3.72. The van der Waals surface area contributed by atoms with Gasteiger partial charge in [-0.3, -0.25) is 4.57 Å². The minimum Gasteiger partial charge on any atom is -0.280 e. The summed E-state index contributed by atoms with van der Waals surface area (Å²) in [5.41, 5.74) is 5.34. The van der Waals surface area contributed by atoms with Gasteiger partial charge >= 0.3 is 0 Å². The van der Waals surface area contributed by atoms with Crippen LogP contribution in [0.15, 0.2) is 24.3 Å². The number of imidazole rings is 1. The van der Waals surface area contributed by atoms with Gasteiger partial charge in [0.2, 0.25) is 0 Å². The van der Waals surface area contributed by atoms with E-state index in [2.05, 4.69) is 47.8 Å². The molecule has 4 nitrogen and oxygen atoms in total. The predicted molar refractivity (Wildman–Crippen MR) is 86.1 cm³/mol. The molecule has 0 atom stereocenters. The summed E-state index contributed by atoms with van der Waals surface area (Å²) in [6.07, 6.45) is 1.99. The number of hydrogen-bond donors (Lipinski definition) is 0. The molecule has 3 rings (SSSR count). The summed E-state index contributed by atoms with van der Waals surface area (Å²) in [6.45, 7) is 4.24. The molecule has 0 aliphatic rings. The average molecular weight is 303 g/mol. The SMILES string of the molecule is CCCc1nn(C)c2c1nc(CCl)n2-c1ccc(C)cc1. The van der Waals surface area contributed by atoms with E-state index in [1.807, 2.05) is 11.7 Å². The molecule has 1 aromatic carbocycles. The van der Waals surface area contributed by atoms with Crippen molar-refractivity contribution in [3.05, 3.63) is 41.3 Å². The van der Waals surface area contributed by atoms with Gasteiger partial charge in [0, 0.05) is 12.7 Å². The van der Waals surface area contributed by atoms with Gasteiger partial charge in [-0.2, -0.15) is 5.10 Å². The summed E-state index contributed by atoms with van der Waals surface area (Å²) in [5, 5.41) is 4.61. The number of aryl methyl sites for hydroxylation is 3. The highest BCUT2D eigenvalue weighted by molar-refractivity contribution is 6.17. The fraction of sp³-hybridized carbons (Fsp3) is 0.375. The summed E-state index contributed by atoms with van der Waals surface area (Å²) in [4.78, 5) is 4.72. The van der Waals surface area contributed by atoms with Gasteiger partial charge in [0.15, 0.2) is 5.65 Å². The molecular weight excluding hydrogens is 284 g/mol. The third-order valence-corrected chi connectivity index (χ3v) is 3.91. The fourth-order valence-corrected chi connectivity index (χ4v) is 2.86. The summed E-state index contributed by atoms with van der Waals surface area (Å²) < 4.78 is 4.01. The lowest BCUT2D eigenvalue weighted by molar-refractivity contribution is 0.732. The number of benzene rings is 1. The lowest BCUT2D eigenvalue weighted by Gasteiger charge is -2.08. The molecule has 2 heterocycles. The molecule has 21 heavy (non-hydrogen) atoms. The molecule has 0 saturated carbocycles. The van der Waals surface area contributed by atoms with Crippen LogP contribution in [0.2, 0.25) is 0 Å². The Morgan fingerprint density at radius 3 is 2.52 bits per heavy atom. The first-order chi connectivity index (χ1) is 10.2. The summed E-state index contributed by atoms with van der Waals surface area (Å²) in [7, 11) is 1.96. The van der Waals surface area contributed by atoms with Gasteiger partial charge in [-0.05, 0) is 25.5 Å². The van der Waals surface area contributed by atoms with Crippen molar-refractivity contribution < 1.29 is 0 Å². The Morgan fingerprint density at radius 2 is 1.90 bits per heavy atom. The van der Waals surface area contributed by atoms with Crippen molar-refractivity contribution in [1.82, 2.24) is 19.3 Å². The summed E-state index contributed by atoms with van der Waals surface area (Å²) in [5.74, 6) is 1.24. The first-order valence-corrected chi connectivity index (χ1v) is 7.75. The maximum Gasteiger partial charge on any atom is 0.163 e. The highest BCUT2D eigenvalue weighted by atomic mass is 35.5. The summed E-state index contributed by atoms with van der Waals surface area (Å²) >= 11 is 6.11. The molecule has 110 valence electrons. The Morgan fingerprint density at radius 1 is 1.19 bits per heavy atom. The second-order valence-corrected chi connectivity index (χ2v) is 5.59. The maximum atomic E-state index is 6.11. The van der Waals surface area contributed by atoms with Crippen LogP contribution in [0.25, 0.3) is 16.9 Å². The maximum absolute atomic E-state index is 6.11. The zero-order chi connectivity index (χ0) is 15.0. The van der Waals surface area contributed by atoms with E-state index in [4.69, 9.17) is 16.6 Å². The van der Waals surface area contributed by atoms with Gasteiger partial charge in [0.1, 0.15) is 11.3 Å². The molecule has 0 unspecified atom stereocenters. The molecule has 0 radical (unpaired) electrons. The van der Waals surface area contributed by atoms with Gasteiger partial charge < -0.3 is 0 Å². The van der Waals surface area contributed by atoms with E-state index in [1.165, 1.54) is 5.56 Å². The average Bonchev–Trinajstić information content (AvgIpc) is 2.99. The minimum atomic E-state index is 0.383. The number of hydrogen-bond acceptors (Lipinski definition) is 2. The molecule has 0 bridgehead atoms. The van der Waals surface area contributed by atoms with Crippen molar-refractivity contribution in [3.8, 4) is 5.69 Å². The zero-order valence-corrected chi connectivity index (χ0v) is 13.4. The van der Waals surface area contributed by atoms with Gasteiger partial charge in [-0.25, -0.2) is 9.67 Å². The van der Waals surface area contributed by atoms with Crippen LogP contribution in [0.1, 0.15) is 30.4 Å². The Hall–Kier alpha value is -1.81. The van der Waals surface area contributed by atoms with Crippen molar-refractivity contribution in [2.45, 2.75) is 32.6 Å². The van der Waals surface area contributed by atoms with Gasteiger partial charge in [-0.15, -0.1) is 11.6 Å². The van der Waals surface area contributed by atoms with E-state index in [-0.39, 0.29) is 0 Å². The molecule has 0 aliphatic carbocycles. The number of aromatic nitrogens is 4. The third kappa shape index (κ3) is 2.33. The van der Waals surface area contributed by atoms with Crippen LogP contribution >= 0.6 is 11.6 Å². The van der Waals surface area contributed by atoms with Crippen LogP contribution in [-0.2, 0) is 19.3 Å². The second-order valence-electron chi connectivity index (χ2n) is 5.33. The number of nitrogens with zero attached hydrogens (tertiary/aromatic N) is 4. The monoisotopic (exact) mass is 302 g/mol. The van der Waals surface area contributed by atoms with E-state index in [0.717, 1.165) is 41.2 Å². The quantitative estimate of drug-likeness (QED) is 0.688. The largest absolute Gasteiger partial charge is 0.280 e. The molecule has 0 amide bonds. The lowest BCUT2D eigenvalue weighted by Crippen LogP contribution is -2.04. The Bertz CT molecular complexity index is 768. The van der Waals surface area contributed by atoms with E-state index in [0.29, 0.717) is 5.88 Å². The van der Waals surface area contributed by atoms with Crippen molar-refractivity contribution in [2.24, 2.45) is 7.05 Å². The van der Waals surface area contributed by atoms with Crippen LogP contribution in [-0.4, -0.2) is 19.3 Å². The normalized spacial score (nSPS) is 11.4. The molecule has 0 spiro atoms. The highest BCUT2D eigenvalue weighted by Crippen LogP contribution is 2.25. The van der Waals surface area contributed by atoms with E-state index in [9.17, 15) is 0 Å². The first kappa shape index (κ1) is 14.1. The lowest BCUT2D eigenvalue weighted by atomic mass is 10.2. The molecule has 0 aliphatic heterocycles. The third-order valence-electron chi connectivity index (χ3n) is 3.67. The van der Waals surface area contributed by atoms with Gasteiger partial charge in [0.05, 0.1) is 11.6 Å². The molecule has 3 aromatic rings. The Labute approximate surface area is 129 Å². The Balaban J connectivity index is 2.27. The van der Waals surface area contributed by atoms with Gasteiger partial charge in [-0.1, -0.05) is 31.0 Å². The first-order valence-electron chi connectivity index (χ1n) is 7.22. The van der Waals surface area contributed by atoms with E-state index in [1.54, 1.807) is 0 Å². The van der Waals surface area contributed by atoms with Crippen LogP contribution in [0, 0.1) is 6.92 Å². The number of halogens is 1. The van der Waals surface area contributed by atoms with Crippen LogP contribution in [0.3, 0.4) is 0 Å². The number of rotatable bonds is 4. The highest BCUT2D eigenvalue weighted by Gasteiger charge is 2.19. The smallest absolute Gasteiger partial charge is 0.163 e. The molecular formula is C16H19ClN4. The van der Waals surface area contributed by atoms with E-state index >= 15 is 0 Å². The molecule has 2 aromatic heterocycles. The predicted octanol–water partition coefficient (Wildman–Crippen LogP) is 3.76. The molecule has 0 saturated heterocycles. The summed E-state index contributed by atoms with van der Waals surface area (Å²) in [6, 6.07) is 8.39. The van der Waals surface area contributed by atoms with Crippen molar-refractivity contribution in [3.63, 3.8) is 0 Å². The standard InChI is InChI=1S/C16H19ClN4/c1-4-5-13-15-16(20(3)19-13)21(14(10-17)18-15)12-8-6-11(2)7-9-12/h6-9H,4-5,10H2,1-3H3. The van der Waals surface area contributed by atoms with Gasteiger partial charge in [0.25, 0.3) is 0 Å². The van der Waals surface area contributed by atoms with Crippen molar-refractivity contribution >= 4 is 22.8 Å². The van der Waals surface area contributed by atoms with Crippen molar-refractivity contribution in [1.29, 1.82) is 0 Å². The zero-order valence-electron chi connectivity index (χ0n) is 12.6. The van der Waals surface area contributed by atoms with Crippen molar-refractivity contribution in [2.75, 3.05) is 0 Å². The van der Waals surface area contributed by atoms with E-state index < -0.39 is 0 Å². The number of fused-ring (bicyclic) bond motifs is 1.